The van der Waals surface area contributed by atoms with Gasteiger partial charge in [-0.25, -0.2) is 18.4 Å². The smallest absolute Gasteiger partial charge is 0.322 e. The molecule has 2 N–H and O–H groups in total. The zero-order chi connectivity index (χ0) is 27.6. The minimum Gasteiger partial charge on any atom is -0.481 e. The fraction of sp³-hybridized carbons (Fsp3) is 0.481. The lowest BCUT2D eigenvalue weighted by Crippen LogP contribution is -2.47. The molecule has 1 aliphatic heterocycles. The molecule has 0 radical (unpaired) electrons. The van der Waals surface area contributed by atoms with Crippen molar-refractivity contribution in [3.05, 3.63) is 42.0 Å². The number of carboxylic acid groups (broad SMARTS) is 1. The zero-order valence-corrected chi connectivity index (χ0v) is 23.3. The number of aromatic nitrogens is 2. The first-order chi connectivity index (χ1) is 18.8. The molecule has 1 saturated heterocycles. The van der Waals surface area contributed by atoms with Crippen molar-refractivity contribution in [2.45, 2.75) is 68.2 Å². The fourth-order valence-corrected chi connectivity index (χ4v) is 8.06. The van der Waals surface area contributed by atoms with E-state index >= 15 is 0 Å². The molecule has 2 fully saturated rings. The molecule has 208 valence electrons. The summed E-state index contributed by atoms with van der Waals surface area (Å²) in [5, 5.41) is 13.0. The number of ether oxygens (including phenoxy) is 1. The number of nitrogens with zero attached hydrogens (tertiary/aromatic N) is 3. The van der Waals surface area contributed by atoms with Crippen LogP contribution in [-0.2, 0) is 19.6 Å². The number of rotatable bonds is 9. The van der Waals surface area contributed by atoms with Gasteiger partial charge in [0.05, 0.1) is 17.9 Å². The van der Waals surface area contributed by atoms with E-state index in [1.165, 1.54) is 23.5 Å². The highest BCUT2D eigenvalue weighted by Crippen LogP contribution is 2.36. The van der Waals surface area contributed by atoms with Crippen LogP contribution in [0.15, 0.2) is 41.3 Å². The molecule has 2 atom stereocenters. The van der Waals surface area contributed by atoms with Gasteiger partial charge in [-0.3, -0.25) is 9.59 Å². The molecule has 1 amide bonds. The minimum absolute atomic E-state index is 0.0330. The summed E-state index contributed by atoms with van der Waals surface area (Å²) in [7, 11) is -2.44. The summed E-state index contributed by atoms with van der Waals surface area (Å²) >= 11 is 1.27. The van der Waals surface area contributed by atoms with E-state index < -0.39 is 28.0 Å². The number of anilines is 1. The number of hydrogen-bond acceptors (Lipinski definition) is 8. The molecule has 1 aliphatic carbocycles. The summed E-state index contributed by atoms with van der Waals surface area (Å²) in [5.41, 5.74) is 1.38. The molecular weight excluding hydrogens is 540 g/mol. The maximum atomic E-state index is 13.6. The second kappa shape index (κ2) is 11.6. The first-order valence-electron chi connectivity index (χ1n) is 13.2. The SMILES string of the molecule is COc1ccc2nc(NC(=O)C(CC3CCCC3)c3ccc(S(=O)(=O)N4CCCCC4C(=O)O)cc3)sc2n1. The Labute approximate surface area is 231 Å². The number of amides is 1. The van der Waals surface area contributed by atoms with Crippen molar-refractivity contribution in [2.24, 2.45) is 5.92 Å². The first-order valence-corrected chi connectivity index (χ1v) is 15.5. The molecular formula is C27H32N4O6S2. The largest absolute Gasteiger partial charge is 0.481 e. The number of fused-ring (bicyclic) bond motifs is 1. The number of hydrogen-bond donors (Lipinski definition) is 2. The highest BCUT2D eigenvalue weighted by molar-refractivity contribution is 7.89. The van der Waals surface area contributed by atoms with E-state index in [-0.39, 0.29) is 17.3 Å². The average molecular weight is 573 g/mol. The van der Waals surface area contributed by atoms with Crippen LogP contribution >= 0.6 is 11.3 Å². The van der Waals surface area contributed by atoms with E-state index in [2.05, 4.69) is 15.3 Å². The van der Waals surface area contributed by atoms with Gasteiger partial charge in [0.2, 0.25) is 21.8 Å². The van der Waals surface area contributed by atoms with Crippen molar-refractivity contribution >= 4 is 48.7 Å². The van der Waals surface area contributed by atoms with Gasteiger partial charge < -0.3 is 15.2 Å². The van der Waals surface area contributed by atoms with Gasteiger partial charge in [0.1, 0.15) is 16.4 Å². The summed E-state index contributed by atoms with van der Waals surface area (Å²) in [4.78, 5) is 34.8. The Morgan fingerprint density at radius 3 is 2.49 bits per heavy atom. The van der Waals surface area contributed by atoms with Gasteiger partial charge in [-0.1, -0.05) is 49.2 Å². The molecule has 3 aromatic rings. The van der Waals surface area contributed by atoms with Gasteiger partial charge in [-0.05, 0) is 55.4 Å². The van der Waals surface area contributed by atoms with Crippen molar-refractivity contribution in [1.29, 1.82) is 0 Å². The molecule has 3 heterocycles. The summed E-state index contributed by atoms with van der Waals surface area (Å²) in [6, 6.07) is 8.77. The Balaban J connectivity index is 1.39. The predicted octanol–water partition coefficient (Wildman–Crippen LogP) is 4.63. The lowest BCUT2D eigenvalue weighted by Gasteiger charge is -2.32. The van der Waals surface area contributed by atoms with Crippen LogP contribution in [0.3, 0.4) is 0 Å². The highest BCUT2D eigenvalue weighted by atomic mass is 32.2. The number of pyridine rings is 1. The van der Waals surface area contributed by atoms with E-state index in [0.29, 0.717) is 58.5 Å². The van der Waals surface area contributed by atoms with Crippen molar-refractivity contribution in [3.8, 4) is 5.88 Å². The average Bonchev–Trinajstić information content (AvgIpc) is 3.60. The third-order valence-corrected chi connectivity index (χ3v) is 10.5. The van der Waals surface area contributed by atoms with Crippen molar-refractivity contribution in [1.82, 2.24) is 14.3 Å². The molecule has 10 nitrogen and oxygen atoms in total. The number of thiazole rings is 1. The third-order valence-electron chi connectivity index (χ3n) is 7.66. The molecule has 1 saturated carbocycles. The van der Waals surface area contributed by atoms with E-state index in [1.54, 1.807) is 31.4 Å². The number of piperidine rings is 1. The molecule has 1 aromatic carbocycles. The number of methoxy groups -OCH3 is 1. The maximum Gasteiger partial charge on any atom is 0.322 e. The van der Waals surface area contributed by atoms with Crippen LogP contribution in [0.1, 0.15) is 62.8 Å². The molecule has 5 rings (SSSR count). The Bertz CT molecular complexity index is 1450. The number of nitrogens with one attached hydrogen (secondary N) is 1. The van der Waals surface area contributed by atoms with Crippen molar-refractivity contribution in [3.63, 3.8) is 0 Å². The van der Waals surface area contributed by atoms with Gasteiger partial charge in [0.15, 0.2) is 5.13 Å². The van der Waals surface area contributed by atoms with Crippen LogP contribution in [0.4, 0.5) is 5.13 Å². The minimum atomic E-state index is -3.98. The first kappa shape index (κ1) is 27.5. The quantitative estimate of drug-likeness (QED) is 0.378. The summed E-state index contributed by atoms with van der Waals surface area (Å²) in [6.45, 7) is 0.177. The van der Waals surface area contributed by atoms with Crippen LogP contribution in [0.25, 0.3) is 10.3 Å². The number of sulfonamides is 1. The third kappa shape index (κ3) is 5.92. The van der Waals surface area contributed by atoms with Crippen LogP contribution in [0.2, 0.25) is 0 Å². The number of carbonyl (C=O) groups excluding carboxylic acids is 1. The van der Waals surface area contributed by atoms with Crippen LogP contribution in [0.5, 0.6) is 5.88 Å². The number of aliphatic carboxylic acids is 1. The Morgan fingerprint density at radius 2 is 1.79 bits per heavy atom. The van der Waals surface area contributed by atoms with Crippen LogP contribution in [0, 0.1) is 5.92 Å². The van der Waals surface area contributed by atoms with E-state index in [9.17, 15) is 23.1 Å². The monoisotopic (exact) mass is 572 g/mol. The Morgan fingerprint density at radius 1 is 1.08 bits per heavy atom. The molecule has 0 spiro atoms. The molecule has 2 unspecified atom stereocenters. The van der Waals surface area contributed by atoms with E-state index in [0.717, 1.165) is 30.0 Å². The summed E-state index contributed by atoms with van der Waals surface area (Å²) < 4.78 is 32.9. The Hall–Kier alpha value is -3.09. The molecule has 0 bridgehead atoms. The summed E-state index contributed by atoms with van der Waals surface area (Å²) in [5.74, 6) is -0.939. The normalized spacial score (nSPS) is 19.7. The zero-order valence-electron chi connectivity index (χ0n) is 21.7. The highest BCUT2D eigenvalue weighted by Gasteiger charge is 2.38. The molecule has 39 heavy (non-hydrogen) atoms. The lowest BCUT2D eigenvalue weighted by molar-refractivity contribution is -0.142. The number of benzene rings is 1. The summed E-state index contributed by atoms with van der Waals surface area (Å²) in [6.07, 6.45) is 6.66. The molecule has 2 aliphatic rings. The van der Waals surface area contributed by atoms with Gasteiger partial charge >= 0.3 is 5.97 Å². The number of carboxylic acids is 1. The number of carbonyl (C=O) groups is 2. The lowest BCUT2D eigenvalue weighted by atomic mass is 9.87. The second-order valence-corrected chi connectivity index (χ2v) is 13.0. The fourth-order valence-electron chi connectivity index (χ4n) is 5.58. The standard InChI is InChI=1S/C27H32N4O6S2/c1-37-23-14-13-21-25(29-23)38-27(28-21)30-24(32)20(16-17-6-2-3-7-17)18-9-11-19(12-10-18)39(35,36)31-15-5-4-8-22(31)26(33)34/h9-14,17,20,22H,2-8,15-16H2,1H3,(H,33,34)(H,28,30,32). The predicted molar refractivity (Wildman–Crippen MR) is 148 cm³/mol. The molecule has 12 heteroatoms. The van der Waals surface area contributed by atoms with E-state index in [4.69, 9.17) is 4.74 Å². The van der Waals surface area contributed by atoms with Gasteiger partial charge in [0.25, 0.3) is 0 Å². The van der Waals surface area contributed by atoms with Crippen molar-refractivity contribution < 1.29 is 27.9 Å². The van der Waals surface area contributed by atoms with Gasteiger partial charge in [-0.2, -0.15) is 4.31 Å². The maximum absolute atomic E-state index is 13.6. The van der Waals surface area contributed by atoms with Gasteiger partial charge in [-0.15, -0.1) is 0 Å². The van der Waals surface area contributed by atoms with Crippen LogP contribution in [-0.4, -0.2) is 59.4 Å². The van der Waals surface area contributed by atoms with E-state index in [1.807, 2.05) is 0 Å². The topological polar surface area (TPSA) is 139 Å². The molecule has 2 aromatic heterocycles. The van der Waals surface area contributed by atoms with Crippen molar-refractivity contribution in [2.75, 3.05) is 19.0 Å². The van der Waals surface area contributed by atoms with Crippen LogP contribution < -0.4 is 10.1 Å². The Kier molecular flexibility index (Phi) is 8.15. The van der Waals surface area contributed by atoms with Gasteiger partial charge in [0, 0.05) is 12.6 Å². The second-order valence-electron chi connectivity index (χ2n) is 10.2.